The highest BCUT2D eigenvalue weighted by molar-refractivity contribution is 5.76. The van der Waals surface area contributed by atoms with Crippen molar-refractivity contribution in [3.05, 3.63) is 36.5 Å². The largest absolute Gasteiger partial charge is 0.394 e. The van der Waals surface area contributed by atoms with Crippen molar-refractivity contribution in [1.82, 2.24) is 5.32 Å². The van der Waals surface area contributed by atoms with Crippen molar-refractivity contribution >= 4 is 5.91 Å². The topological polar surface area (TPSA) is 149 Å². The lowest BCUT2D eigenvalue weighted by molar-refractivity contribution is -0.302. The first kappa shape index (κ1) is 64.4. The van der Waals surface area contributed by atoms with Crippen LogP contribution in [0.3, 0.4) is 0 Å². The molecule has 0 aromatic rings. The van der Waals surface area contributed by atoms with Gasteiger partial charge in [0.25, 0.3) is 0 Å². The van der Waals surface area contributed by atoms with Gasteiger partial charge in [-0.05, 0) is 44.9 Å². The summed E-state index contributed by atoms with van der Waals surface area (Å²) >= 11 is 0. The summed E-state index contributed by atoms with van der Waals surface area (Å²) in [5.74, 6) is -0.186. The lowest BCUT2D eigenvalue weighted by Gasteiger charge is -2.40. The molecule has 400 valence electrons. The van der Waals surface area contributed by atoms with Crippen LogP contribution in [-0.4, -0.2) is 87.5 Å². The van der Waals surface area contributed by atoms with E-state index in [0.29, 0.717) is 6.42 Å². The molecule has 1 amide bonds. The van der Waals surface area contributed by atoms with Crippen LogP contribution < -0.4 is 5.32 Å². The highest BCUT2D eigenvalue weighted by atomic mass is 16.7. The number of rotatable bonds is 50. The predicted octanol–water partition coefficient (Wildman–Crippen LogP) is 14.4. The van der Waals surface area contributed by atoms with E-state index in [4.69, 9.17) is 9.47 Å². The zero-order valence-corrected chi connectivity index (χ0v) is 44.4. The molecule has 0 saturated carbocycles. The van der Waals surface area contributed by atoms with Gasteiger partial charge in [-0.1, -0.05) is 262 Å². The number of carbonyl (C=O) groups excluding carboxylic acids is 1. The Bertz CT molecular complexity index is 1160. The van der Waals surface area contributed by atoms with E-state index in [9.17, 15) is 30.3 Å². The van der Waals surface area contributed by atoms with Gasteiger partial charge < -0.3 is 40.3 Å². The number of aliphatic hydroxyl groups is 5. The Hall–Kier alpha value is -1.59. The smallest absolute Gasteiger partial charge is 0.220 e. The molecule has 0 radical (unpaired) electrons. The van der Waals surface area contributed by atoms with Gasteiger partial charge in [0.1, 0.15) is 24.4 Å². The van der Waals surface area contributed by atoms with Crippen LogP contribution in [0.25, 0.3) is 0 Å². The average Bonchev–Trinajstić information content (AvgIpc) is 3.34. The molecule has 1 fully saturated rings. The molecular formula is C59H111NO8. The van der Waals surface area contributed by atoms with Crippen molar-refractivity contribution < 1.29 is 39.8 Å². The molecule has 7 unspecified atom stereocenters. The summed E-state index contributed by atoms with van der Waals surface area (Å²) in [5.41, 5.74) is 0. The van der Waals surface area contributed by atoms with E-state index in [1.165, 1.54) is 205 Å². The van der Waals surface area contributed by atoms with Crippen LogP contribution in [0.5, 0.6) is 0 Å². The zero-order chi connectivity index (χ0) is 49.4. The van der Waals surface area contributed by atoms with Crippen molar-refractivity contribution in [2.24, 2.45) is 0 Å². The Labute approximate surface area is 419 Å². The summed E-state index contributed by atoms with van der Waals surface area (Å²) in [6, 6.07) is -0.826. The number of aliphatic hydroxyl groups excluding tert-OH is 5. The summed E-state index contributed by atoms with van der Waals surface area (Å²) < 4.78 is 11.2. The molecule has 0 bridgehead atoms. The zero-order valence-electron chi connectivity index (χ0n) is 44.4. The Morgan fingerprint density at radius 2 is 0.838 bits per heavy atom. The molecule has 6 N–H and O–H groups in total. The van der Waals surface area contributed by atoms with E-state index in [2.05, 4.69) is 43.5 Å². The molecule has 1 aliphatic rings. The third kappa shape index (κ3) is 38.1. The van der Waals surface area contributed by atoms with Crippen LogP contribution in [0.4, 0.5) is 0 Å². The van der Waals surface area contributed by atoms with Crippen molar-refractivity contribution in [2.45, 2.75) is 320 Å². The maximum absolute atomic E-state index is 13.0. The fraction of sp³-hybridized carbons (Fsp3) is 0.881. The van der Waals surface area contributed by atoms with Crippen molar-refractivity contribution in [3.63, 3.8) is 0 Å². The van der Waals surface area contributed by atoms with Crippen LogP contribution in [0.2, 0.25) is 0 Å². The van der Waals surface area contributed by atoms with Gasteiger partial charge in [0.05, 0.1) is 25.4 Å². The minimum absolute atomic E-state index is 0.186. The van der Waals surface area contributed by atoms with Crippen LogP contribution in [0.15, 0.2) is 36.5 Å². The molecule has 1 saturated heterocycles. The summed E-state index contributed by atoms with van der Waals surface area (Å²) in [5, 5.41) is 54.4. The number of amides is 1. The fourth-order valence-electron chi connectivity index (χ4n) is 9.31. The highest BCUT2D eigenvalue weighted by Crippen LogP contribution is 2.23. The SMILES string of the molecule is CCCCCCCC/C=C/CC/C=C/CC/C=C/C(O)C(COC1OC(CO)C(O)C(O)C1O)NC(=O)CCCCCCCCCCCCCCCCCCCCCCCCCCCCCCC. The maximum Gasteiger partial charge on any atom is 0.220 e. The molecule has 9 nitrogen and oxygen atoms in total. The van der Waals surface area contributed by atoms with Gasteiger partial charge in [0, 0.05) is 6.42 Å². The Balaban J connectivity index is 2.18. The first-order chi connectivity index (χ1) is 33.3. The van der Waals surface area contributed by atoms with E-state index in [-0.39, 0.29) is 12.5 Å². The Kier molecular flexibility index (Phi) is 46.4. The minimum Gasteiger partial charge on any atom is -0.394 e. The first-order valence-corrected chi connectivity index (χ1v) is 29.2. The number of hydrogen-bond acceptors (Lipinski definition) is 8. The van der Waals surface area contributed by atoms with E-state index < -0.39 is 49.5 Å². The first-order valence-electron chi connectivity index (χ1n) is 29.2. The van der Waals surface area contributed by atoms with Gasteiger partial charge in [-0.2, -0.15) is 0 Å². The quantitative estimate of drug-likeness (QED) is 0.0261. The number of nitrogens with one attached hydrogen (secondary N) is 1. The molecule has 1 rings (SSSR count). The van der Waals surface area contributed by atoms with E-state index in [1.54, 1.807) is 6.08 Å². The second kappa shape index (κ2) is 49.0. The third-order valence-corrected chi connectivity index (χ3v) is 13.9. The van der Waals surface area contributed by atoms with Crippen LogP contribution in [0.1, 0.15) is 277 Å². The van der Waals surface area contributed by atoms with Gasteiger partial charge in [0.2, 0.25) is 5.91 Å². The maximum atomic E-state index is 13.0. The molecular weight excluding hydrogens is 851 g/mol. The van der Waals surface area contributed by atoms with Crippen molar-refractivity contribution in [1.29, 1.82) is 0 Å². The fourth-order valence-corrected chi connectivity index (χ4v) is 9.31. The number of hydrogen-bond donors (Lipinski definition) is 6. The molecule has 0 aromatic carbocycles. The second-order valence-corrected chi connectivity index (χ2v) is 20.4. The second-order valence-electron chi connectivity index (χ2n) is 20.4. The van der Waals surface area contributed by atoms with Crippen molar-refractivity contribution in [2.75, 3.05) is 13.2 Å². The summed E-state index contributed by atoms with van der Waals surface area (Å²) in [7, 11) is 0. The van der Waals surface area contributed by atoms with Crippen molar-refractivity contribution in [3.8, 4) is 0 Å². The third-order valence-electron chi connectivity index (χ3n) is 13.9. The van der Waals surface area contributed by atoms with Crippen LogP contribution >= 0.6 is 0 Å². The lowest BCUT2D eigenvalue weighted by Crippen LogP contribution is -2.60. The molecule has 0 spiro atoms. The lowest BCUT2D eigenvalue weighted by atomic mass is 9.99. The minimum atomic E-state index is -1.57. The normalized spacial score (nSPS) is 19.8. The van der Waals surface area contributed by atoms with E-state index in [1.807, 2.05) is 6.08 Å². The molecule has 1 heterocycles. The standard InChI is InChI=1S/C59H111NO8/c1-3-5-7-9-11-13-15-17-19-21-22-23-24-25-26-27-28-29-30-31-32-33-35-37-39-41-43-45-47-49-55(63)60-52(51-67-59-58(66)57(65)56(64)54(50-61)68-59)53(62)48-46-44-42-40-38-36-34-20-18-16-14-12-10-8-6-4-2/h18,20,38,40,46,48,52-54,56-59,61-62,64-66H,3-17,19,21-37,39,41-45,47,49-51H2,1-2H3,(H,60,63)/b20-18+,40-38+,48-46+. The number of unbranched alkanes of at least 4 members (excludes halogenated alkanes) is 36. The molecule has 0 aromatic heterocycles. The molecule has 0 aliphatic carbocycles. The monoisotopic (exact) mass is 962 g/mol. The van der Waals surface area contributed by atoms with Gasteiger partial charge in [0.15, 0.2) is 6.29 Å². The summed E-state index contributed by atoms with van der Waals surface area (Å²) in [4.78, 5) is 13.0. The van der Waals surface area contributed by atoms with Gasteiger partial charge in [-0.15, -0.1) is 0 Å². The van der Waals surface area contributed by atoms with Crippen LogP contribution in [0, 0.1) is 0 Å². The average molecular weight is 963 g/mol. The number of ether oxygens (including phenoxy) is 2. The summed E-state index contributed by atoms with van der Waals surface area (Å²) in [6.07, 6.45) is 56.5. The van der Waals surface area contributed by atoms with Gasteiger partial charge >= 0.3 is 0 Å². The van der Waals surface area contributed by atoms with Gasteiger partial charge in [-0.3, -0.25) is 4.79 Å². The van der Waals surface area contributed by atoms with E-state index in [0.717, 1.165) is 51.4 Å². The highest BCUT2D eigenvalue weighted by Gasteiger charge is 2.44. The molecule has 1 aliphatic heterocycles. The van der Waals surface area contributed by atoms with Crippen LogP contribution in [-0.2, 0) is 14.3 Å². The molecule has 7 atom stereocenters. The molecule has 68 heavy (non-hydrogen) atoms. The Morgan fingerprint density at radius 3 is 1.24 bits per heavy atom. The Morgan fingerprint density at radius 1 is 0.485 bits per heavy atom. The van der Waals surface area contributed by atoms with E-state index >= 15 is 0 Å². The number of allylic oxidation sites excluding steroid dienone is 5. The van der Waals surface area contributed by atoms with Gasteiger partial charge in [-0.25, -0.2) is 0 Å². The predicted molar refractivity (Wildman–Crippen MR) is 286 cm³/mol. The molecule has 9 heteroatoms. The summed E-state index contributed by atoms with van der Waals surface area (Å²) in [6.45, 7) is 3.77. The number of carbonyl (C=O) groups is 1.